The summed E-state index contributed by atoms with van der Waals surface area (Å²) in [5.41, 5.74) is 2.46. The number of ether oxygens (including phenoxy) is 3. The molecule has 1 atom stereocenters. The molecule has 2 aromatic carbocycles. The van der Waals surface area contributed by atoms with Crippen LogP contribution in [0.2, 0.25) is 5.02 Å². The van der Waals surface area contributed by atoms with E-state index in [1.807, 2.05) is 0 Å². The summed E-state index contributed by atoms with van der Waals surface area (Å²) in [5, 5.41) is 15.6. The van der Waals surface area contributed by atoms with Crippen molar-refractivity contribution in [3.8, 4) is 5.75 Å². The number of anilines is 3. The molecule has 212 valence electrons. The number of nitrogens with zero attached hydrogens (tertiary/aromatic N) is 3. The zero-order valence-corrected chi connectivity index (χ0v) is 22.8. The molecule has 3 N–H and O–H groups in total. The van der Waals surface area contributed by atoms with Crippen molar-refractivity contribution in [2.45, 2.75) is 6.10 Å². The lowest BCUT2D eigenvalue weighted by Crippen LogP contribution is -2.24. The van der Waals surface area contributed by atoms with E-state index in [4.69, 9.17) is 30.9 Å². The molecule has 10 nitrogen and oxygen atoms in total. The predicted molar refractivity (Wildman–Crippen MR) is 152 cm³/mol. The van der Waals surface area contributed by atoms with Gasteiger partial charge in [0, 0.05) is 50.0 Å². The monoisotopic (exact) mass is 571 g/mol. The number of benzene rings is 2. The van der Waals surface area contributed by atoms with Crippen LogP contribution in [0.4, 0.5) is 21.6 Å². The van der Waals surface area contributed by atoms with Gasteiger partial charge in [0.15, 0.2) is 0 Å². The van der Waals surface area contributed by atoms with Gasteiger partial charge in [-0.25, -0.2) is 14.4 Å². The molecule has 0 saturated carbocycles. The van der Waals surface area contributed by atoms with Crippen molar-refractivity contribution in [2.24, 2.45) is 0 Å². The maximum atomic E-state index is 13.6. The standard InChI is InChI=1S/C28H31ClFN5O5/c1-18-15-35(16-26(18)39-9-8-36)7-3-4-27(37)34-24-13-20-23(14-25(24)40-11-10-38-2)31-17-32-28(20)33-19-5-6-22(30)21(29)12-19/h3-6,12-14,17,26,36H,1,7-11,15-16H2,2H3,(H,34,37)(H,31,32,33). The van der Waals surface area contributed by atoms with Crippen LogP contribution >= 0.6 is 11.6 Å². The highest BCUT2D eigenvalue weighted by Gasteiger charge is 2.25. The Hall–Kier alpha value is -3.61. The molecule has 1 aliphatic heterocycles. The summed E-state index contributed by atoms with van der Waals surface area (Å²) >= 11 is 5.93. The second-order valence-electron chi connectivity index (χ2n) is 9.01. The number of methoxy groups -OCH3 is 1. The van der Waals surface area contributed by atoms with Crippen molar-refractivity contribution in [1.29, 1.82) is 0 Å². The van der Waals surface area contributed by atoms with Crippen LogP contribution in [0.5, 0.6) is 5.75 Å². The minimum atomic E-state index is -0.528. The molecule has 1 unspecified atom stereocenters. The van der Waals surface area contributed by atoms with Crippen molar-refractivity contribution in [2.75, 3.05) is 63.8 Å². The number of carbonyl (C=O) groups is 1. The molecular formula is C28H31ClFN5O5. The lowest BCUT2D eigenvalue weighted by Gasteiger charge is -2.15. The molecule has 4 rings (SSSR count). The number of amides is 1. The Morgan fingerprint density at radius 1 is 1.27 bits per heavy atom. The summed E-state index contributed by atoms with van der Waals surface area (Å²) in [4.78, 5) is 23.6. The maximum Gasteiger partial charge on any atom is 0.248 e. The van der Waals surface area contributed by atoms with Crippen LogP contribution in [0.15, 0.2) is 61.0 Å². The molecule has 2 heterocycles. The molecule has 0 bridgehead atoms. The Labute approximate surface area is 236 Å². The zero-order chi connectivity index (χ0) is 28.5. The van der Waals surface area contributed by atoms with E-state index in [0.717, 1.165) is 5.57 Å². The van der Waals surface area contributed by atoms with Gasteiger partial charge in [-0.3, -0.25) is 9.69 Å². The van der Waals surface area contributed by atoms with Gasteiger partial charge in [0.25, 0.3) is 0 Å². The van der Waals surface area contributed by atoms with Gasteiger partial charge in [-0.1, -0.05) is 24.3 Å². The molecule has 1 saturated heterocycles. The Kier molecular flexibility index (Phi) is 10.4. The lowest BCUT2D eigenvalue weighted by atomic mass is 10.1. The molecule has 1 fully saturated rings. The predicted octanol–water partition coefficient (Wildman–Crippen LogP) is 3.94. The van der Waals surface area contributed by atoms with Gasteiger partial charge in [0.2, 0.25) is 5.91 Å². The van der Waals surface area contributed by atoms with Crippen LogP contribution in [-0.2, 0) is 14.3 Å². The fraction of sp³-hybridized carbons (Fsp3) is 0.321. The fourth-order valence-electron chi connectivity index (χ4n) is 4.15. The Morgan fingerprint density at radius 3 is 2.90 bits per heavy atom. The number of hydrogen-bond donors (Lipinski definition) is 3. The van der Waals surface area contributed by atoms with Crippen LogP contribution in [0, 0.1) is 5.82 Å². The number of aliphatic hydroxyl groups is 1. The van der Waals surface area contributed by atoms with E-state index in [0.29, 0.717) is 60.1 Å². The summed E-state index contributed by atoms with van der Waals surface area (Å²) in [7, 11) is 1.57. The lowest BCUT2D eigenvalue weighted by molar-refractivity contribution is -0.111. The number of likely N-dealkylation sites (tertiary alicyclic amines) is 1. The number of carbonyl (C=O) groups excluding carboxylic acids is 1. The zero-order valence-electron chi connectivity index (χ0n) is 22.0. The molecule has 0 radical (unpaired) electrons. The Balaban J connectivity index is 1.51. The third kappa shape index (κ3) is 7.74. The third-order valence-corrected chi connectivity index (χ3v) is 6.36. The van der Waals surface area contributed by atoms with E-state index >= 15 is 0 Å². The average Bonchev–Trinajstić information content (AvgIpc) is 3.29. The highest BCUT2D eigenvalue weighted by Crippen LogP contribution is 2.34. The van der Waals surface area contributed by atoms with Gasteiger partial charge < -0.3 is 30.0 Å². The molecule has 1 aliphatic rings. The first kappa shape index (κ1) is 29.4. The molecule has 3 aromatic rings. The quantitative estimate of drug-likeness (QED) is 0.159. The van der Waals surface area contributed by atoms with E-state index in [1.54, 1.807) is 31.4 Å². The second-order valence-corrected chi connectivity index (χ2v) is 9.42. The van der Waals surface area contributed by atoms with Crippen molar-refractivity contribution >= 4 is 45.6 Å². The largest absolute Gasteiger partial charge is 0.489 e. The van der Waals surface area contributed by atoms with Crippen molar-refractivity contribution < 1.29 is 28.5 Å². The second kappa shape index (κ2) is 14.1. The van der Waals surface area contributed by atoms with Gasteiger partial charge in [-0.15, -0.1) is 0 Å². The van der Waals surface area contributed by atoms with Gasteiger partial charge in [-0.05, 0) is 29.8 Å². The molecule has 1 aromatic heterocycles. The number of aromatic nitrogens is 2. The van der Waals surface area contributed by atoms with Crippen LogP contribution < -0.4 is 15.4 Å². The molecule has 1 amide bonds. The average molecular weight is 572 g/mol. The minimum absolute atomic E-state index is 0.0246. The molecule has 12 heteroatoms. The molecule has 0 aliphatic carbocycles. The summed E-state index contributed by atoms with van der Waals surface area (Å²) in [6.45, 7) is 6.70. The van der Waals surface area contributed by atoms with Gasteiger partial charge >= 0.3 is 0 Å². The van der Waals surface area contributed by atoms with Gasteiger partial charge in [-0.2, -0.15) is 0 Å². The summed E-state index contributed by atoms with van der Waals surface area (Å²) in [6, 6.07) is 7.67. The smallest absolute Gasteiger partial charge is 0.248 e. The van der Waals surface area contributed by atoms with E-state index in [9.17, 15) is 9.18 Å². The molecular weight excluding hydrogens is 541 g/mol. The SMILES string of the molecule is C=C1CN(CC=CC(=O)Nc2cc3c(Nc4ccc(F)c(Cl)c4)ncnc3cc2OCCOC)CC1OCCO. The van der Waals surface area contributed by atoms with Crippen LogP contribution in [0.1, 0.15) is 0 Å². The first-order chi connectivity index (χ1) is 19.4. The van der Waals surface area contributed by atoms with E-state index in [-0.39, 0.29) is 36.9 Å². The van der Waals surface area contributed by atoms with E-state index in [1.165, 1.54) is 24.5 Å². The van der Waals surface area contributed by atoms with Crippen LogP contribution in [-0.4, -0.2) is 85.2 Å². The van der Waals surface area contributed by atoms with Crippen molar-refractivity contribution in [3.63, 3.8) is 0 Å². The highest BCUT2D eigenvalue weighted by molar-refractivity contribution is 6.31. The minimum Gasteiger partial charge on any atom is -0.489 e. The number of fused-ring (bicyclic) bond motifs is 1. The number of hydrogen-bond acceptors (Lipinski definition) is 9. The number of nitrogens with one attached hydrogen (secondary N) is 2. The molecule has 0 spiro atoms. The highest BCUT2D eigenvalue weighted by atomic mass is 35.5. The number of halogens is 2. The van der Waals surface area contributed by atoms with E-state index < -0.39 is 5.82 Å². The van der Waals surface area contributed by atoms with Crippen LogP contribution in [0.25, 0.3) is 10.9 Å². The topological polar surface area (TPSA) is 118 Å². The number of rotatable bonds is 13. The Morgan fingerprint density at radius 2 is 2.12 bits per heavy atom. The van der Waals surface area contributed by atoms with Gasteiger partial charge in [0.05, 0.1) is 42.2 Å². The maximum absolute atomic E-state index is 13.6. The van der Waals surface area contributed by atoms with Gasteiger partial charge in [0.1, 0.15) is 30.3 Å². The summed E-state index contributed by atoms with van der Waals surface area (Å²) < 4.78 is 30.2. The van der Waals surface area contributed by atoms with Crippen molar-refractivity contribution in [3.05, 3.63) is 71.8 Å². The fourth-order valence-corrected chi connectivity index (χ4v) is 4.33. The number of aliphatic hydroxyl groups excluding tert-OH is 1. The summed E-state index contributed by atoms with van der Waals surface area (Å²) in [5.74, 6) is -0.0196. The summed E-state index contributed by atoms with van der Waals surface area (Å²) in [6.07, 6.45) is 4.48. The molecule has 40 heavy (non-hydrogen) atoms. The van der Waals surface area contributed by atoms with E-state index in [2.05, 4.69) is 32.1 Å². The van der Waals surface area contributed by atoms with Crippen LogP contribution in [0.3, 0.4) is 0 Å². The Bertz CT molecular complexity index is 1390. The first-order valence-corrected chi connectivity index (χ1v) is 13.0. The first-order valence-electron chi connectivity index (χ1n) is 12.6. The van der Waals surface area contributed by atoms with Crippen molar-refractivity contribution in [1.82, 2.24) is 14.9 Å². The third-order valence-electron chi connectivity index (χ3n) is 6.07. The normalized spacial score (nSPS) is 15.7.